The summed E-state index contributed by atoms with van der Waals surface area (Å²) >= 11 is 0. The number of phosphoric acid groups is 2. The number of fused-ring (bicyclic) bond motifs is 1. The predicted molar refractivity (Wildman–Crippen MR) is 139 cm³/mol. The Balaban J connectivity index is 1.16. The summed E-state index contributed by atoms with van der Waals surface area (Å²) in [4.78, 5) is 43.4. The SMILES string of the molecule is [3H]c1cc[n+]([C@@H]2O[C@H](COP(=O)(O)OP(=O)(O)OC[C@H]3O[C@@H](n4cnc5c(N)ncnc54)[C@H](O)[C@@H]3O)[C@@H](O)[C@H]2O)cc1C(N)=O. The van der Waals surface area contributed by atoms with Gasteiger partial charge in [0.1, 0.15) is 47.9 Å². The van der Waals surface area contributed by atoms with E-state index >= 15 is 0 Å². The number of aliphatic hydroxyl groups is 4. The van der Waals surface area contributed by atoms with E-state index in [0.29, 0.717) is 0 Å². The number of ether oxygens (including phenoxy) is 2. The molecule has 2 aliphatic heterocycles. The van der Waals surface area contributed by atoms with Gasteiger partial charge in [-0.2, -0.15) is 8.88 Å². The van der Waals surface area contributed by atoms with E-state index in [1.807, 2.05) is 0 Å². The third-order valence-corrected chi connectivity index (χ3v) is 9.27. The number of imidazole rings is 1. The average molecular weight is 666 g/mol. The van der Waals surface area contributed by atoms with Gasteiger partial charge in [-0.25, -0.2) is 24.1 Å². The maximum atomic E-state index is 12.4. The molecular weight excluding hydrogens is 636 g/mol. The van der Waals surface area contributed by atoms with Crippen LogP contribution in [0, 0.1) is 0 Å². The summed E-state index contributed by atoms with van der Waals surface area (Å²) in [7, 11) is -10.8. The number of nitrogens with zero attached hydrogens (tertiary/aromatic N) is 5. The van der Waals surface area contributed by atoms with Crippen LogP contribution < -0.4 is 16.0 Å². The standard InChI is InChI=1S/C21H27N7O14P2/c22-17-12-19(25-7-24-17)28(8-26-12)21-16(32)14(30)11(41-21)6-39-44(36,37)42-43(34,35)38-5-10-13(29)15(31)20(40-10)27-3-1-2-9(4-27)18(23)33/h1-4,7-8,10-11,13-16,20-21,29-32H,5-6H2,(H5-,22,23,24,25,33,34,35,36,37)/p+1/t10-,11-,13-,14-,15-,16-,20-,21-/m1/s1/i2T. The lowest BCUT2D eigenvalue weighted by atomic mass is 10.1. The summed E-state index contributed by atoms with van der Waals surface area (Å²) < 4.78 is 59.6. The van der Waals surface area contributed by atoms with E-state index in [2.05, 4.69) is 23.8 Å². The summed E-state index contributed by atoms with van der Waals surface area (Å²) in [5, 5.41) is 41.7. The number of pyridine rings is 1. The van der Waals surface area contributed by atoms with Crippen LogP contribution >= 0.6 is 15.6 Å². The zero-order chi connectivity index (χ0) is 32.8. The monoisotopic (exact) mass is 666 g/mol. The first-order valence-corrected chi connectivity index (χ1v) is 15.5. The lowest BCUT2D eigenvalue weighted by Gasteiger charge is -2.20. The number of nitrogen functional groups attached to an aromatic ring is 1. The first-order valence-electron chi connectivity index (χ1n) is 13.0. The maximum absolute atomic E-state index is 12.4. The second-order valence-electron chi connectivity index (χ2n) is 9.60. The van der Waals surface area contributed by atoms with Gasteiger partial charge in [-0.05, 0) is 6.04 Å². The fourth-order valence-corrected chi connectivity index (χ4v) is 6.61. The molecule has 0 spiro atoms. The smallest absolute Gasteiger partial charge is 0.387 e. The molecule has 2 saturated heterocycles. The normalized spacial score (nSPS) is 31.9. The number of hydrogen-bond acceptors (Lipinski definition) is 16. The Labute approximate surface area is 247 Å². The number of carbonyl (C=O) groups is 1. The number of phosphoric ester groups is 2. The van der Waals surface area contributed by atoms with Gasteiger partial charge < -0.3 is 51.2 Å². The Morgan fingerprint density at radius 3 is 2.32 bits per heavy atom. The molecule has 3 aromatic heterocycles. The van der Waals surface area contributed by atoms with Crippen LogP contribution in [0.15, 0.2) is 37.2 Å². The number of carbonyl (C=O) groups excluding carboxylic acids is 1. The van der Waals surface area contributed by atoms with Crippen LogP contribution in [0.5, 0.6) is 0 Å². The number of hydrogen-bond donors (Lipinski definition) is 8. The van der Waals surface area contributed by atoms with Crippen molar-refractivity contribution < 1.29 is 72.9 Å². The highest BCUT2D eigenvalue weighted by Crippen LogP contribution is 2.60. The van der Waals surface area contributed by atoms with Gasteiger partial charge in [0.15, 0.2) is 36.2 Å². The summed E-state index contributed by atoms with van der Waals surface area (Å²) in [6, 6.07) is 0.973. The highest BCUT2D eigenvalue weighted by Gasteiger charge is 2.50. The lowest BCUT2D eigenvalue weighted by Crippen LogP contribution is -2.46. The van der Waals surface area contributed by atoms with Crippen LogP contribution in [0.25, 0.3) is 11.2 Å². The third kappa shape index (κ3) is 6.65. The minimum atomic E-state index is -5.40. The Morgan fingerprint density at radius 2 is 1.66 bits per heavy atom. The minimum Gasteiger partial charge on any atom is -0.387 e. The fraction of sp³-hybridized carbons (Fsp3) is 0.476. The van der Waals surface area contributed by atoms with Gasteiger partial charge in [0.05, 0.1) is 20.9 Å². The zero-order valence-corrected chi connectivity index (χ0v) is 23.9. The van der Waals surface area contributed by atoms with Crippen LogP contribution in [0.2, 0.25) is 0 Å². The fourth-order valence-electron chi connectivity index (χ4n) is 4.51. The third-order valence-electron chi connectivity index (χ3n) is 6.67. The molecule has 0 saturated carbocycles. The topological polar surface area (TPSA) is 318 Å². The van der Waals surface area contributed by atoms with Crippen LogP contribution in [-0.4, -0.2) is 105 Å². The van der Waals surface area contributed by atoms with Crippen molar-refractivity contribution in [1.29, 1.82) is 0 Å². The molecule has 10 N–H and O–H groups in total. The van der Waals surface area contributed by atoms with E-state index in [1.165, 1.54) is 23.2 Å². The van der Waals surface area contributed by atoms with E-state index in [1.54, 1.807) is 0 Å². The van der Waals surface area contributed by atoms with Crippen LogP contribution in [0.1, 0.15) is 24.2 Å². The molecule has 1 amide bonds. The molecule has 240 valence electrons. The molecule has 3 aromatic rings. The Hall–Kier alpha value is -3.01. The number of aliphatic hydroxyl groups excluding tert-OH is 4. The molecule has 0 radical (unpaired) electrons. The molecule has 0 aromatic carbocycles. The summed E-state index contributed by atoms with van der Waals surface area (Å²) in [5.74, 6) is -0.892. The Morgan fingerprint density at radius 1 is 1.02 bits per heavy atom. The van der Waals surface area contributed by atoms with Crippen molar-refractivity contribution in [1.82, 2.24) is 19.5 Å². The summed E-state index contributed by atoms with van der Waals surface area (Å²) in [6.45, 7) is -1.85. The molecule has 23 heteroatoms. The number of aromatic nitrogens is 5. The zero-order valence-electron chi connectivity index (χ0n) is 23.2. The lowest BCUT2D eigenvalue weighted by molar-refractivity contribution is -0.765. The largest absolute Gasteiger partial charge is 0.481 e. The molecule has 2 aliphatic rings. The van der Waals surface area contributed by atoms with Gasteiger partial charge >= 0.3 is 15.6 Å². The number of anilines is 1. The summed E-state index contributed by atoms with van der Waals surface area (Å²) in [5.41, 5.74) is 11.1. The van der Waals surface area contributed by atoms with Crippen molar-refractivity contribution >= 4 is 38.5 Å². The van der Waals surface area contributed by atoms with E-state index in [0.717, 1.165) is 17.1 Å². The Kier molecular flexibility index (Phi) is 8.74. The first kappa shape index (κ1) is 31.0. The number of nitrogens with two attached hydrogens (primary N) is 2. The quantitative estimate of drug-likeness (QED) is 0.0746. The van der Waals surface area contributed by atoms with Crippen LogP contribution in [-0.2, 0) is 32.0 Å². The molecule has 5 rings (SSSR count). The molecule has 10 atom stereocenters. The molecule has 0 aliphatic carbocycles. The van der Waals surface area contributed by atoms with Crippen molar-refractivity contribution in [3.8, 4) is 0 Å². The van der Waals surface area contributed by atoms with Gasteiger partial charge in [-0.3, -0.25) is 18.4 Å². The van der Waals surface area contributed by atoms with Gasteiger partial charge in [0.2, 0.25) is 0 Å². The molecule has 21 nitrogen and oxygen atoms in total. The molecular formula is C21H28N7O14P2+. The van der Waals surface area contributed by atoms with Gasteiger partial charge in [-0.15, -0.1) is 0 Å². The van der Waals surface area contributed by atoms with Crippen LogP contribution in [0.4, 0.5) is 5.82 Å². The minimum absolute atomic E-state index is 0.0444. The van der Waals surface area contributed by atoms with Crippen molar-refractivity contribution in [3.63, 3.8) is 0 Å². The number of amides is 1. The van der Waals surface area contributed by atoms with Crippen molar-refractivity contribution in [2.24, 2.45) is 5.73 Å². The highest BCUT2D eigenvalue weighted by molar-refractivity contribution is 7.61. The maximum Gasteiger partial charge on any atom is 0.481 e. The second kappa shape index (κ2) is 12.4. The molecule has 44 heavy (non-hydrogen) atoms. The first-order chi connectivity index (χ1) is 21.1. The predicted octanol–water partition coefficient (Wildman–Crippen LogP) is -3.02. The second-order valence-corrected chi connectivity index (χ2v) is 12.6. The molecule has 2 unspecified atom stereocenters. The van der Waals surface area contributed by atoms with E-state index in [4.69, 9.17) is 26.8 Å². The van der Waals surface area contributed by atoms with Crippen molar-refractivity contribution in [2.45, 2.75) is 49.1 Å². The summed E-state index contributed by atoms with van der Waals surface area (Å²) in [6.07, 6.45) is -7.46. The Bertz CT molecular complexity index is 1680. The van der Waals surface area contributed by atoms with E-state index in [9.17, 15) is 44.1 Å². The van der Waals surface area contributed by atoms with Gasteiger partial charge in [0, 0.05) is 6.07 Å². The van der Waals surface area contributed by atoms with Crippen molar-refractivity contribution in [2.75, 3.05) is 18.9 Å². The van der Waals surface area contributed by atoms with Gasteiger partial charge in [-0.1, -0.05) is 0 Å². The molecule has 5 heterocycles. The molecule has 0 bridgehead atoms. The average Bonchev–Trinajstić information content (AvgIpc) is 3.61. The van der Waals surface area contributed by atoms with Crippen molar-refractivity contribution in [3.05, 3.63) is 42.7 Å². The van der Waals surface area contributed by atoms with E-state index in [-0.39, 0.29) is 28.6 Å². The van der Waals surface area contributed by atoms with Gasteiger partial charge in [0.25, 0.3) is 12.1 Å². The molecule has 2 fully saturated rings. The number of rotatable bonds is 11. The number of primary amides is 1. The highest BCUT2D eigenvalue weighted by atomic mass is 31.3. The van der Waals surface area contributed by atoms with E-state index < -0.39 is 83.8 Å². The van der Waals surface area contributed by atoms with Crippen LogP contribution in [0.3, 0.4) is 0 Å².